The molecule has 0 bridgehead atoms. The van der Waals surface area contributed by atoms with Gasteiger partial charge in [-0.05, 0) is 105 Å². The highest BCUT2D eigenvalue weighted by molar-refractivity contribution is 7.91. The molecular formula is C50H31NO3S. The molecule has 0 fully saturated rings. The molecule has 4 nitrogen and oxygen atoms in total. The Morgan fingerprint density at radius 2 is 1.02 bits per heavy atom. The molecule has 0 N–H and O–H groups in total. The first-order chi connectivity index (χ1) is 27.0. The zero-order valence-electron chi connectivity index (χ0n) is 29.5. The molecule has 11 rings (SSSR count). The minimum Gasteiger partial charge on any atom is -0.455 e. The van der Waals surface area contributed by atoms with Gasteiger partial charge >= 0.3 is 0 Å². The molecule has 11 aromatic rings. The third-order valence-electron chi connectivity index (χ3n) is 11.0. The second-order valence-corrected chi connectivity index (χ2v) is 16.0. The number of fused-ring (bicyclic) bond motifs is 10. The van der Waals surface area contributed by atoms with Crippen LogP contribution in [0.15, 0.2) is 202 Å². The van der Waals surface area contributed by atoms with Crippen molar-refractivity contribution in [2.45, 2.75) is 9.79 Å². The molecule has 0 unspecified atom stereocenters. The summed E-state index contributed by atoms with van der Waals surface area (Å²) >= 11 is 0. The first kappa shape index (κ1) is 31.6. The summed E-state index contributed by atoms with van der Waals surface area (Å²) in [4.78, 5) is 0.551. The van der Waals surface area contributed by atoms with Crippen LogP contribution in [0.4, 0.5) is 0 Å². The summed E-state index contributed by atoms with van der Waals surface area (Å²) in [6, 6.07) is 63.0. The van der Waals surface area contributed by atoms with Crippen molar-refractivity contribution in [3.63, 3.8) is 0 Å². The fraction of sp³-hybridized carbons (Fsp3) is 0. The predicted octanol–water partition coefficient (Wildman–Crippen LogP) is 13.2. The van der Waals surface area contributed by atoms with Gasteiger partial charge in [-0.25, -0.2) is 8.42 Å². The smallest absolute Gasteiger partial charge is 0.206 e. The minimum atomic E-state index is -3.71. The van der Waals surface area contributed by atoms with Gasteiger partial charge in [0, 0.05) is 32.8 Å². The molecular weight excluding hydrogens is 695 g/mol. The SMILES string of the molecule is O=S(=O)(c1ccccc1)c1ccc2c(c1)c1cc(-c3ccc(-c4cc5ccccc5c5c4oc4ccc6ccccc6c45)cc3)ccc1n2-c1ccccc1. The molecule has 0 aliphatic heterocycles. The molecule has 0 saturated carbocycles. The molecule has 9 aromatic carbocycles. The molecule has 0 amide bonds. The van der Waals surface area contributed by atoms with Crippen molar-refractivity contribution in [2.75, 3.05) is 0 Å². The topological polar surface area (TPSA) is 52.2 Å². The fourth-order valence-corrected chi connectivity index (χ4v) is 9.69. The quantitative estimate of drug-likeness (QED) is 0.177. The third-order valence-corrected chi connectivity index (χ3v) is 12.8. The maximum absolute atomic E-state index is 13.8. The number of hydrogen-bond acceptors (Lipinski definition) is 3. The lowest BCUT2D eigenvalue weighted by atomic mass is 9.94. The predicted molar refractivity (Wildman–Crippen MR) is 226 cm³/mol. The van der Waals surface area contributed by atoms with Gasteiger partial charge in [0.15, 0.2) is 0 Å². The highest BCUT2D eigenvalue weighted by Gasteiger charge is 2.22. The van der Waals surface area contributed by atoms with Crippen LogP contribution in [0.25, 0.3) is 93.2 Å². The van der Waals surface area contributed by atoms with Crippen LogP contribution in [0.2, 0.25) is 0 Å². The van der Waals surface area contributed by atoms with E-state index in [1.807, 2.05) is 36.4 Å². The zero-order chi connectivity index (χ0) is 36.7. The van der Waals surface area contributed by atoms with E-state index >= 15 is 0 Å². The van der Waals surface area contributed by atoms with E-state index in [2.05, 4.69) is 126 Å². The summed E-state index contributed by atoms with van der Waals surface area (Å²) in [5, 5.41) is 8.86. The first-order valence-electron chi connectivity index (χ1n) is 18.3. The number of hydrogen-bond donors (Lipinski definition) is 0. The number of furan rings is 1. The van der Waals surface area contributed by atoms with E-state index in [9.17, 15) is 8.42 Å². The van der Waals surface area contributed by atoms with E-state index in [-0.39, 0.29) is 9.79 Å². The van der Waals surface area contributed by atoms with Crippen molar-refractivity contribution < 1.29 is 12.8 Å². The molecule has 0 atom stereocenters. The molecule has 0 aliphatic rings. The van der Waals surface area contributed by atoms with Gasteiger partial charge in [0.05, 0.1) is 20.8 Å². The van der Waals surface area contributed by atoms with Crippen molar-refractivity contribution >= 4 is 75.1 Å². The van der Waals surface area contributed by atoms with Crippen LogP contribution in [-0.4, -0.2) is 13.0 Å². The Morgan fingerprint density at radius 1 is 0.418 bits per heavy atom. The Labute approximate surface area is 317 Å². The number of aromatic nitrogens is 1. The Kier molecular flexibility index (Phi) is 6.91. The zero-order valence-corrected chi connectivity index (χ0v) is 30.3. The highest BCUT2D eigenvalue weighted by atomic mass is 32.2. The third kappa shape index (κ3) is 4.87. The number of sulfone groups is 1. The second-order valence-electron chi connectivity index (χ2n) is 14.1. The van der Waals surface area contributed by atoms with E-state index in [4.69, 9.17) is 4.42 Å². The van der Waals surface area contributed by atoms with E-state index in [0.29, 0.717) is 0 Å². The largest absolute Gasteiger partial charge is 0.455 e. The van der Waals surface area contributed by atoms with Crippen LogP contribution >= 0.6 is 0 Å². The van der Waals surface area contributed by atoms with Crippen molar-refractivity contribution in [1.29, 1.82) is 0 Å². The first-order valence-corrected chi connectivity index (χ1v) is 19.8. The fourth-order valence-electron chi connectivity index (χ4n) is 8.38. The Morgan fingerprint density at radius 3 is 1.78 bits per heavy atom. The van der Waals surface area contributed by atoms with Crippen LogP contribution in [0.3, 0.4) is 0 Å². The number of benzene rings is 9. The molecule has 0 aliphatic carbocycles. The van der Waals surface area contributed by atoms with Gasteiger partial charge in [0.2, 0.25) is 9.84 Å². The second kappa shape index (κ2) is 12.0. The van der Waals surface area contributed by atoms with Gasteiger partial charge in [0.25, 0.3) is 0 Å². The summed E-state index contributed by atoms with van der Waals surface area (Å²) in [5.74, 6) is 0. The van der Waals surface area contributed by atoms with Crippen LogP contribution in [0, 0.1) is 0 Å². The lowest BCUT2D eigenvalue weighted by Crippen LogP contribution is -2.01. The van der Waals surface area contributed by atoms with Crippen LogP contribution in [0.5, 0.6) is 0 Å². The Bertz CT molecular complexity index is 3420. The summed E-state index contributed by atoms with van der Waals surface area (Å²) < 4.78 is 36.5. The monoisotopic (exact) mass is 725 g/mol. The standard InChI is InChI=1S/C50H31NO3S/c52-55(53,38-15-5-2-6-16-38)39-25-27-46-44(31-39)43-29-35(23-26-45(43)51(46)37-13-3-1-4-14-37)32-19-21-34(22-20-32)42-30-36-12-8-10-18-41(36)49-48-40-17-9-7-11-33(40)24-28-47(48)54-50(42)49/h1-31H. The van der Waals surface area contributed by atoms with E-state index in [0.717, 1.165) is 71.7 Å². The minimum absolute atomic E-state index is 0.272. The van der Waals surface area contributed by atoms with E-state index in [1.54, 1.807) is 30.3 Å². The number of para-hydroxylation sites is 1. The average Bonchev–Trinajstić information content (AvgIpc) is 3.80. The molecule has 0 radical (unpaired) electrons. The van der Waals surface area contributed by atoms with E-state index in [1.165, 1.54) is 21.5 Å². The van der Waals surface area contributed by atoms with Gasteiger partial charge in [-0.1, -0.05) is 121 Å². The lowest BCUT2D eigenvalue weighted by molar-refractivity contribution is 0.596. The summed E-state index contributed by atoms with van der Waals surface area (Å²) in [5.41, 5.74) is 8.95. The van der Waals surface area contributed by atoms with Gasteiger partial charge in [-0.3, -0.25) is 0 Å². The Balaban J connectivity index is 1.07. The molecule has 5 heteroatoms. The molecule has 0 spiro atoms. The normalized spacial score (nSPS) is 12.1. The average molecular weight is 726 g/mol. The summed E-state index contributed by atoms with van der Waals surface area (Å²) in [6.45, 7) is 0. The molecule has 2 heterocycles. The Hall–Kier alpha value is -6.95. The molecule has 2 aromatic heterocycles. The molecule has 0 saturated heterocycles. The van der Waals surface area contributed by atoms with Crippen LogP contribution in [0.1, 0.15) is 0 Å². The lowest BCUT2D eigenvalue weighted by Gasteiger charge is -2.10. The summed E-state index contributed by atoms with van der Waals surface area (Å²) in [7, 11) is -3.71. The van der Waals surface area contributed by atoms with Crippen molar-refractivity contribution in [3.05, 3.63) is 188 Å². The van der Waals surface area contributed by atoms with Gasteiger partial charge in [0.1, 0.15) is 11.2 Å². The molecule has 260 valence electrons. The highest BCUT2D eigenvalue weighted by Crippen LogP contribution is 2.44. The van der Waals surface area contributed by atoms with Gasteiger partial charge in [-0.2, -0.15) is 0 Å². The molecule has 55 heavy (non-hydrogen) atoms. The number of nitrogens with zero attached hydrogens (tertiary/aromatic N) is 1. The van der Waals surface area contributed by atoms with Crippen molar-refractivity contribution in [3.8, 4) is 27.9 Å². The maximum atomic E-state index is 13.8. The van der Waals surface area contributed by atoms with Gasteiger partial charge in [-0.15, -0.1) is 0 Å². The van der Waals surface area contributed by atoms with E-state index < -0.39 is 9.84 Å². The van der Waals surface area contributed by atoms with Crippen LogP contribution in [-0.2, 0) is 9.84 Å². The maximum Gasteiger partial charge on any atom is 0.206 e. The van der Waals surface area contributed by atoms with Crippen LogP contribution < -0.4 is 0 Å². The van der Waals surface area contributed by atoms with Crippen molar-refractivity contribution in [1.82, 2.24) is 4.57 Å². The van der Waals surface area contributed by atoms with Gasteiger partial charge < -0.3 is 8.98 Å². The summed E-state index contributed by atoms with van der Waals surface area (Å²) in [6.07, 6.45) is 0. The number of rotatable bonds is 5. The van der Waals surface area contributed by atoms with Crippen molar-refractivity contribution in [2.24, 2.45) is 0 Å².